The lowest BCUT2D eigenvalue weighted by molar-refractivity contribution is -0.120. The van der Waals surface area contributed by atoms with E-state index in [2.05, 4.69) is 10.6 Å². The van der Waals surface area contributed by atoms with Gasteiger partial charge in [-0.25, -0.2) is 0 Å². The van der Waals surface area contributed by atoms with E-state index in [1.54, 1.807) is 0 Å². The van der Waals surface area contributed by atoms with Crippen molar-refractivity contribution in [2.24, 2.45) is 0 Å². The van der Waals surface area contributed by atoms with E-state index >= 15 is 0 Å². The van der Waals surface area contributed by atoms with Crippen molar-refractivity contribution in [1.29, 1.82) is 0 Å². The molecule has 4 atom stereocenters. The lowest BCUT2D eigenvalue weighted by Gasteiger charge is -2.36. The van der Waals surface area contributed by atoms with E-state index in [0.29, 0.717) is 0 Å². The zero-order valence-electron chi connectivity index (χ0n) is 7.97. The van der Waals surface area contributed by atoms with Gasteiger partial charge >= 0.3 is 0 Å². The Morgan fingerprint density at radius 3 is 2.64 bits per heavy atom. The fourth-order valence-electron chi connectivity index (χ4n) is 1.43. The molecule has 1 aliphatic heterocycles. The smallest absolute Gasteiger partial charge is 0.216 e. The first-order valence-corrected chi connectivity index (χ1v) is 4.54. The normalized spacial score (nSPS) is 38.0. The van der Waals surface area contributed by atoms with Crippen molar-refractivity contribution in [3.05, 3.63) is 0 Å². The average Bonchev–Trinajstić information content (AvgIpc) is 2.13. The summed E-state index contributed by atoms with van der Waals surface area (Å²) < 4.78 is 0. The summed E-state index contributed by atoms with van der Waals surface area (Å²) in [5, 5.41) is 33.4. The summed E-state index contributed by atoms with van der Waals surface area (Å²) in [4.78, 5) is 10.6. The zero-order chi connectivity index (χ0) is 10.7. The van der Waals surface area contributed by atoms with Crippen LogP contribution >= 0.6 is 0 Å². The second-order valence-electron chi connectivity index (χ2n) is 3.50. The minimum Gasteiger partial charge on any atom is -0.389 e. The van der Waals surface area contributed by atoms with Crippen LogP contribution in [0, 0.1) is 0 Å². The van der Waals surface area contributed by atoms with Gasteiger partial charge in [0.15, 0.2) is 0 Å². The SMILES string of the molecule is CC(=O)NC[C@@H]1NC[C@@H](O)[C@@H](O)[C@@H]1O. The van der Waals surface area contributed by atoms with Gasteiger partial charge < -0.3 is 26.0 Å². The highest BCUT2D eigenvalue weighted by atomic mass is 16.4. The molecule has 1 fully saturated rings. The molecule has 14 heavy (non-hydrogen) atoms. The number of piperidine rings is 1. The van der Waals surface area contributed by atoms with E-state index < -0.39 is 24.4 Å². The Bertz CT molecular complexity index is 212. The summed E-state index contributed by atoms with van der Waals surface area (Å²) >= 11 is 0. The third-order valence-corrected chi connectivity index (χ3v) is 2.32. The van der Waals surface area contributed by atoms with Crippen molar-refractivity contribution in [2.75, 3.05) is 13.1 Å². The maximum absolute atomic E-state index is 10.6. The molecule has 0 spiro atoms. The number of nitrogens with one attached hydrogen (secondary N) is 2. The predicted octanol–water partition coefficient (Wildman–Crippen LogP) is -2.82. The molecule has 1 heterocycles. The molecular weight excluding hydrogens is 188 g/mol. The van der Waals surface area contributed by atoms with Crippen LogP contribution in [0.1, 0.15) is 6.92 Å². The van der Waals surface area contributed by atoms with Crippen LogP contribution in [0.5, 0.6) is 0 Å². The van der Waals surface area contributed by atoms with E-state index in [9.17, 15) is 20.1 Å². The minimum atomic E-state index is -1.16. The number of β-amino-alcohol motifs (C(OH)–C–C–N with tert-alkyl or cyclic N) is 1. The van der Waals surface area contributed by atoms with Crippen LogP contribution in [0.25, 0.3) is 0 Å². The number of amides is 1. The molecule has 82 valence electrons. The van der Waals surface area contributed by atoms with Gasteiger partial charge in [-0.1, -0.05) is 0 Å². The van der Waals surface area contributed by atoms with Gasteiger partial charge in [-0.05, 0) is 0 Å². The second kappa shape index (κ2) is 4.70. The van der Waals surface area contributed by atoms with Gasteiger partial charge in [-0.15, -0.1) is 0 Å². The Labute approximate surface area is 81.9 Å². The lowest BCUT2D eigenvalue weighted by atomic mass is 9.96. The molecule has 1 saturated heterocycles. The Balaban J connectivity index is 2.42. The topological polar surface area (TPSA) is 102 Å². The summed E-state index contributed by atoms with van der Waals surface area (Å²) in [6, 6.07) is -0.419. The molecule has 0 aliphatic carbocycles. The monoisotopic (exact) mass is 204 g/mol. The van der Waals surface area contributed by atoms with E-state index in [-0.39, 0.29) is 19.0 Å². The average molecular weight is 204 g/mol. The molecule has 0 radical (unpaired) electrons. The summed E-state index contributed by atoms with van der Waals surface area (Å²) in [7, 11) is 0. The van der Waals surface area contributed by atoms with Gasteiger partial charge in [0, 0.05) is 20.0 Å². The highest BCUT2D eigenvalue weighted by molar-refractivity contribution is 5.72. The Morgan fingerprint density at radius 2 is 2.07 bits per heavy atom. The highest BCUT2D eigenvalue weighted by Gasteiger charge is 2.35. The van der Waals surface area contributed by atoms with Gasteiger partial charge in [0.05, 0.1) is 18.2 Å². The molecule has 0 saturated carbocycles. The largest absolute Gasteiger partial charge is 0.389 e. The van der Waals surface area contributed by atoms with Gasteiger partial charge in [-0.2, -0.15) is 0 Å². The van der Waals surface area contributed by atoms with Crippen molar-refractivity contribution < 1.29 is 20.1 Å². The van der Waals surface area contributed by atoms with Crippen LogP contribution in [0.3, 0.4) is 0 Å². The molecule has 0 aromatic carbocycles. The minimum absolute atomic E-state index is 0.195. The van der Waals surface area contributed by atoms with Crippen molar-refractivity contribution in [2.45, 2.75) is 31.3 Å². The number of aliphatic hydroxyl groups excluding tert-OH is 3. The quantitative estimate of drug-likeness (QED) is 0.334. The van der Waals surface area contributed by atoms with Crippen LogP contribution in [0.4, 0.5) is 0 Å². The summed E-state index contributed by atoms with van der Waals surface area (Å²) in [5.41, 5.74) is 0. The van der Waals surface area contributed by atoms with E-state index in [1.165, 1.54) is 6.92 Å². The van der Waals surface area contributed by atoms with E-state index in [0.717, 1.165) is 0 Å². The lowest BCUT2D eigenvalue weighted by Crippen LogP contribution is -2.62. The van der Waals surface area contributed by atoms with Crippen LogP contribution < -0.4 is 10.6 Å². The number of rotatable bonds is 2. The fraction of sp³-hybridized carbons (Fsp3) is 0.875. The van der Waals surface area contributed by atoms with Crippen LogP contribution in [-0.4, -0.2) is 58.7 Å². The molecule has 5 N–H and O–H groups in total. The first kappa shape index (κ1) is 11.4. The zero-order valence-corrected chi connectivity index (χ0v) is 7.97. The number of aliphatic hydroxyl groups is 3. The first-order chi connectivity index (χ1) is 6.52. The first-order valence-electron chi connectivity index (χ1n) is 4.54. The fourth-order valence-corrected chi connectivity index (χ4v) is 1.43. The van der Waals surface area contributed by atoms with Crippen molar-refractivity contribution in [3.8, 4) is 0 Å². The third-order valence-electron chi connectivity index (χ3n) is 2.32. The molecule has 1 aliphatic rings. The Hall–Kier alpha value is -0.690. The molecule has 0 aromatic heterocycles. The molecule has 6 heteroatoms. The van der Waals surface area contributed by atoms with Gasteiger partial charge in [0.2, 0.25) is 5.91 Å². The standard InChI is InChI=1S/C8H16N2O4/c1-4(11)9-2-5-7(13)8(14)6(12)3-10-5/h5-8,10,12-14H,2-3H2,1H3,(H,9,11)/t5-,6+,7+,8+/m0/s1. The molecule has 0 unspecified atom stereocenters. The Morgan fingerprint density at radius 1 is 1.43 bits per heavy atom. The van der Waals surface area contributed by atoms with Gasteiger partial charge in [-0.3, -0.25) is 4.79 Å². The van der Waals surface area contributed by atoms with E-state index in [1.807, 2.05) is 0 Å². The molecule has 0 aromatic rings. The van der Waals surface area contributed by atoms with Crippen LogP contribution in [0.15, 0.2) is 0 Å². The van der Waals surface area contributed by atoms with Gasteiger partial charge in [0.1, 0.15) is 6.10 Å². The van der Waals surface area contributed by atoms with Crippen LogP contribution in [0.2, 0.25) is 0 Å². The number of hydrogen-bond acceptors (Lipinski definition) is 5. The van der Waals surface area contributed by atoms with E-state index in [4.69, 9.17) is 0 Å². The summed E-state index contributed by atoms with van der Waals surface area (Å²) in [5.74, 6) is -0.195. The second-order valence-corrected chi connectivity index (χ2v) is 3.50. The molecule has 1 amide bonds. The molecular formula is C8H16N2O4. The molecule has 1 rings (SSSR count). The highest BCUT2D eigenvalue weighted by Crippen LogP contribution is 2.09. The number of carbonyl (C=O) groups excluding carboxylic acids is 1. The maximum atomic E-state index is 10.6. The maximum Gasteiger partial charge on any atom is 0.216 e. The van der Waals surface area contributed by atoms with Gasteiger partial charge in [0.25, 0.3) is 0 Å². The summed E-state index contributed by atoms with van der Waals surface area (Å²) in [6.45, 7) is 1.82. The number of carbonyl (C=O) groups is 1. The van der Waals surface area contributed by atoms with Crippen molar-refractivity contribution >= 4 is 5.91 Å². The van der Waals surface area contributed by atoms with Crippen molar-refractivity contribution in [1.82, 2.24) is 10.6 Å². The van der Waals surface area contributed by atoms with Crippen molar-refractivity contribution in [3.63, 3.8) is 0 Å². The van der Waals surface area contributed by atoms with Crippen LogP contribution in [-0.2, 0) is 4.79 Å². The number of hydrogen-bond donors (Lipinski definition) is 5. The summed E-state index contributed by atoms with van der Waals surface area (Å²) in [6.07, 6.45) is -3.18. The molecule has 0 bridgehead atoms. The molecule has 6 nitrogen and oxygen atoms in total. The Kier molecular flexibility index (Phi) is 3.82. The predicted molar refractivity (Wildman–Crippen MR) is 48.5 cm³/mol. The third kappa shape index (κ3) is 2.65.